The van der Waals surface area contributed by atoms with E-state index in [0.29, 0.717) is 17.3 Å². The van der Waals surface area contributed by atoms with Gasteiger partial charge in [-0.1, -0.05) is 13.3 Å². The average molecular weight is 353 g/mol. The van der Waals surface area contributed by atoms with Gasteiger partial charge < -0.3 is 11.1 Å². The summed E-state index contributed by atoms with van der Waals surface area (Å²) in [6.45, 7) is 3.42. The first-order chi connectivity index (χ1) is 9.08. The first-order valence-electron chi connectivity index (χ1n) is 6.05. The van der Waals surface area contributed by atoms with E-state index in [1.165, 1.54) is 6.07 Å². The number of carbonyl (C=O) groups excluding carboxylic acids is 1. The fourth-order valence-corrected chi connectivity index (χ4v) is 2.04. The van der Waals surface area contributed by atoms with Gasteiger partial charge in [0.2, 0.25) is 5.91 Å². The van der Waals surface area contributed by atoms with Crippen LogP contribution in [0.15, 0.2) is 22.7 Å². The number of amides is 1. The number of carbonyl (C=O) groups is 1. The highest BCUT2D eigenvalue weighted by molar-refractivity contribution is 9.10. The lowest BCUT2D eigenvalue weighted by Gasteiger charge is -2.23. The van der Waals surface area contributed by atoms with E-state index in [9.17, 15) is 18.0 Å². The van der Waals surface area contributed by atoms with Crippen molar-refractivity contribution in [3.8, 4) is 0 Å². The van der Waals surface area contributed by atoms with E-state index in [4.69, 9.17) is 5.73 Å². The Morgan fingerprint density at radius 2 is 2.00 bits per heavy atom. The molecule has 1 unspecified atom stereocenters. The van der Waals surface area contributed by atoms with Crippen LogP contribution < -0.4 is 11.1 Å². The molecular formula is C13H16BrF3N2O. The number of nitrogens with two attached hydrogens (primary N) is 1. The Morgan fingerprint density at radius 3 is 2.50 bits per heavy atom. The predicted octanol–water partition coefficient (Wildman–Crippen LogP) is 3.92. The molecule has 0 aromatic heterocycles. The fourth-order valence-electron chi connectivity index (χ4n) is 1.70. The molecule has 3 N–H and O–H groups in total. The number of hydrogen-bond acceptors (Lipinski definition) is 2. The first kappa shape index (κ1) is 17.0. The van der Waals surface area contributed by atoms with Gasteiger partial charge in [0, 0.05) is 4.47 Å². The van der Waals surface area contributed by atoms with Crippen LogP contribution in [0.2, 0.25) is 0 Å². The molecule has 0 saturated heterocycles. The molecule has 0 heterocycles. The molecule has 0 radical (unpaired) electrons. The highest BCUT2D eigenvalue weighted by atomic mass is 79.9. The van der Waals surface area contributed by atoms with Crippen LogP contribution in [0, 0.1) is 0 Å². The second-order valence-corrected chi connectivity index (χ2v) is 5.67. The fraction of sp³-hybridized carbons (Fsp3) is 0.462. The second-order valence-electron chi connectivity index (χ2n) is 4.81. The highest BCUT2D eigenvalue weighted by Gasteiger charge is 2.32. The largest absolute Gasteiger partial charge is 0.416 e. The summed E-state index contributed by atoms with van der Waals surface area (Å²) < 4.78 is 38.3. The van der Waals surface area contributed by atoms with Gasteiger partial charge in [-0.15, -0.1) is 0 Å². The topological polar surface area (TPSA) is 55.1 Å². The molecule has 1 rings (SSSR count). The quantitative estimate of drug-likeness (QED) is 0.862. The summed E-state index contributed by atoms with van der Waals surface area (Å²) in [5.74, 6) is -0.514. The van der Waals surface area contributed by atoms with E-state index < -0.39 is 23.2 Å². The van der Waals surface area contributed by atoms with Crippen LogP contribution >= 0.6 is 15.9 Å². The van der Waals surface area contributed by atoms with Gasteiger partial charge in [0.25, 0.3) is 0 Å². The molecule has 0 aliphatic rings. The molecule has 20 heavy (non-hydrogen) atoms. The maximum absolute atomic E-state index is 12.6. The van der Waals surface area contributed by atoms with E-state index in [1.54, 1.807) is 6.92 Å². The lowest BCUT2D eigenvalue weighted by atomic mass is 9.96. The molecule has 1 aromatic rings. The minimum Gasteiger partial charge on any atom is -0.323 e. The number of alkyl halides is 3. The molecule has 1 atom stereocenters. The monoisotopic (exact) mass is 352 g/mol. The lowest BCUT2D eigenvalue weighted by molar-refractivity contribution is -0.137. The van der Waals surface area contributed by atoms with Crippen molar-refractivity contribution in [2.45, 2.75) is 38.4 Å². The van der Waals surface area contributed by atoms with Gasteiger partial charge >= 0.3 is 6.18 Å². The third-order valence-corrected chi connectivity index (χ3v) is 3.52. The summed E-state index contributed by atoms with van der Waals surface area (Å²) in [7, 11) is 0. The normalized spacial score (nSPS) is 14.8. The van der Waals surface area contributed by atoms with Crippen molar-refractivity contribution < 1.29 is 18.0 Å². The summed E-state index contributed by atoms with van der Waals surface area (Å²) in [4.78, 5) is 12.0. The van der Waals surface area contributed by atoms with Crippen LogP contribution in [0.4, 0.5) is 18.9 Å². The van der Waals surface area contributed by atoms with Crippen LogP contribution in [-0.4, -0.2) is 11.4 Å². The Balaban J connectivity index is 3.01. The van der Waals surface area contributed by atoms with Gasteiger partial charge in [-0.05, 0) is 47.5 Å². The van der Waals surface area contributed by atoms with Crippen LogP contribution in [0.5, 0.6) is 0 Å². The number of benzene rings is 1. The van der Waals surface area contributed by atoms with Gasteiger partial charge in [-0.2, -0.15) is 13.2 Å². The molecule has 0 saturated carbocycles. The zero-order chi connectivity index (χ0) is 15.6. The van der Waals surface area contributed by atoms with E-state index in [2.05, 4.69) is 21.2 Å². The van der Waals surface area contributed by atoms with Crippen molar-refractivity contribution in [2.24, 2.45) is 5.73 Å². The molecule has 1 amide bonds. The summed E-state index contributed by atoms with van der Waals surface area (Å²) in [5.41, 5.74) is 3.95. The number of nitrogens with one attached hydrogen (secondary N) is 1. The first-order valence-corrected chi connectivity index (χ1v) is 6.84. The Morgan fingerprint density at radius 1 is 1.40 bits per heavy atom. The van der Waals surface area contributed by atoms with Crippen molar-refractivity contribution in [3.05, 3.63) is 28.2 Å². The van der Waals surface area contributed by atoms with Gasteiger partial charge in [0.15, 0.2) is 0 Å². The van der Waals surface area contributed by atoms with Crippen molar-refractivity contribution in [1.82, 2.24) is 0 Å². The Kier molecular flexibility index (Phi) is 5.21. The molecule has 0 aliphatic heterocycles. The Labute approximate surface area is 123 Å². The molecule has 3 nitrogen and oxygen atoms in total. The van der Waals surface area contributed by atoms with Gasteiger partial charge in [0.05, 0.1) is 16.8 Å². The second kappa shape index (κ2) is 6.13. The van der Waals surface area contributed by atoms with Gasteiger partial charge in [-0.3, -0.25) is 4.79 Å². The molecule has 112 valence electrons. The minimum absolute atomic E-state index is 0.0533. The molecule has 7 heteroatoms. The van der Waals surface area contributed by atoms with Crippen LogP contribution in [-0.2, 0) is 11.0 Å². The summed E-state index contributed by atoms with van der Waals surface area (Å²) in [6.07, 6.45) is -3.32. The van der Waals surface area contributed by atoms with Gasteiger partial charge in [0.1, 0.15) is 0 Å². The molecule has 0 aliphatic carbocycles. The standard InChI is InChI=1S/C13H16BrF3N2O/c1-3-6-12(2,18)11(20)19-10-7-8(13(15,16)17)4-5-9(10)14/h4-5,7H,3,6,18H2,1-2H3,(H,19,20). The predicted molar refractivity (Wildman–Crippen MR) is 75.3 cm³/mol. The van der Waals surface area contributed by atoms with Crippen LogP contribution in [0.25, 0.3) is 0 Å². The zero-order valence-corrected chi connectivity index (χ0v) is 12.7. The molecular weight excluding hydrogens is 337 g/mol. The third kappa shape index (κ3) is 4.21. The van der Waals surface area contributed by atoms with Crippen molar-refractivity contribution in [1.29, 1.82) is 0 Å². The third-order valence-electron chi connectivity index (χ3n) is 2.83. The SMILES string of the molecule is CCCC(C)(N)C(=O)Nc1cc(C(F)(F)F)ccc1Br. The van der Waals surface area contributed by atoms with E-state index in [-0.39, 0.29) is 5.69 Å². The molecule has 1 aromatic carbocycles. The minimum atomic E-state index is -4.46. The number of halogens is 4. The van der Waals surface area contributed by atoms with E-state index in [1.807, 2.05) is 6.92 Å². The van der Waals surface area contributed by atoms with Gasteiger partial charge in [-0.25, -0.2) is 0 Å². The summed E-state index contributed by atoms with van der Waals surface area (Å²) >= 11 is 3.11. The van der Waals surface area contributed by atoms with Crippen molar-refractivity contribution in [3.63, 3.8) is 0 Å². The lowest BCUT2D eigenvalue weighted by Crippen LogP contribution is -2.48. The zero-order valence-electron chi connectivity index (χ0n) is 11.1. The Hall–Kier alpha value is -1.08. The van der Waals surface area contributed by atoms with Crippen LogP contribution in [0.3, 0.4) is 0 Å². The highest BCUT2D eigenvalue weighted by Crippen LogP contribution is 2.34. The molecule has 0 spiro atoms. The maximum Gasteiger partial charge on any atom is 0.416 e. The molecule has 0 fully saturated rings. The number of hydrogen-bond donors (Lipinski definition) is 2. The summed E-state index contributed by atoms with van der Waals surface area (Å²) in [5, 5.41) is 2.44. The number of anilines is 1. The number of rotatable bonds is 4. The van der Waals surface area contributed by atoms with E-state index >= 15 is 0 Å². The maximum atomic E-state index is 12.6. The Bertz CT molecular complexity index is 501. The van der Waals surface area contributed by atoms with E-state index in [0.717, 1.165) is 12.1 Å². The smallest absolute Gasteiger partial charge is 0.323 e. The van der Waals surface area contributed by atoms with Crippen LogP contribution in [0.1, 0.15) is 32.3 Å². The summed E-state index contributed by atoms with van der Waals surface area (Å²) in [6, 6.07) is 3.06. The van der Waals surface area contributed by atoms with Crippen molar-refractivity contribution in [2.75, 3.05) is 5.32 Å². The average Bonchev–Trinajstić information content (AvgIpc) is 2.30. The van der Waals surface area contributed by atoms with Crippen molar-refractivity contribution >= 4 is 27.5 Å². The molecule has 0 bridgehead atoms.